The second-order valence-electron chi connectivity index (χ2n) is 5.52. The SMILES string of the molecule is O=C(O)[C@H]1CCCN(Cc2ccc(Cl)c3cccnc23)C1. The van der Waals surface area contributed by atoms with Gasteiger partial charge in [0, 0.05) is 29.7 Å². The molecule has 0 radical (unpaired) electrons. The van der Waals surface area contributed by atoms with Gasteiger partial charge in [-0.2, -0.15) is 0 Å². The van der Waals surface area contributed by atoms with Crippen LogP contribution in [0.2, 0.25) is 5.02 Å². The number of aliphatic carboxylic acids is 1. The topological polar surface area (TPSA) is 53.4 Å². The van der Waals surface area contributed by atoms with E-state index >= 15 is 0 Å². The summed E-state index contributed by atoms with van der Waals surface area (Å²) < 4.78 is 0. The van der Waals surface area contributed by atoms with E-state index in [1.807, 2.05) is 24.3 Å². The summed E-state index contributed by atoms with van der Waals surface area (Å²) in [6.45, 7) is 2.25. The summed E-state index contributed by atoms with van der Waals surface area (Å²) in [6.07, 6.45) is 3.46. The molecule has 3 rings (SSSR count). The molecule has 2 heterocycles. The van der Waals surface area contributed by atoms with Crippen molar-refractivity contribution in [1.82, 2.24) is 9.88 Å². The number of likely N-dealkylation sites (tertiary alicyclic amines) is 1. The maximum Gasteiger partial charge on any atom is 0.307 e. The Morgan fingerprint density at radius 2 is 2.29 bits per heavy atom. The van der Waals surface area contributed by atoms with Crippen LogP contribution in [0.15, 0.2) is 30.5 Å². The van der Waals surface area contributed by atoms with Crippen molar-refractivity contribution in [2.45, 2.75) is 19.4 Å². The van der Waals surface area contributed by atoms with Crippen LogP contribution in [-0.2, 0) is 11.3 Å². The lowest BCUT2D eigenvalue weighted by Gasteiger charge is -2.30. The number of nitrogens with zero attached hydrogens (tertiary/aromatic N) is 2. The molecule has 5 heteroatoms. The predicted octanol–water partition coefficient (Wildman–Crippen LogP) is 3.18. The van der Waals surface area contributed by atoms with Gasteiger partial charge in [-0.25, -0.2) is 0 Å². The highest BCUT2D eigenvalue weighted by Crippen LogP contribution is 2.27. The highest BCUT2D eigenvalue weighted by atomic mass is 35.5. The number of halogens is 1. The molecule has 0 amide bonds. The minimum Gasteiger partial charge on any atom is -0.481 e. The van der Waals surface area contributed by atoms with Gasteiger partial charge in [-0.3, -0.25) is 14.7 Å². The van der Waals surface area contributed by atoms with Crippen LogP contribution in [0.3, 0.4) is 0 Å². The highest BCUT2D eigenvalue weighted by Gasteiger charge is 2.25. The zero-order chi connectivity index (χ0) is 14.8. The maximum atomic E-state index is 11.2. The molecule has 2 aromatic rings. The van der Waals surface area contributed by atoms with Gasteiger partial charge in [0.25, 0.3) is 0 Å². The second-order valence-corrected chi connectivity index (χ2v) is 5.93. The molecular formula is C16H17ClN2O2. The molecular weight excluding hydrogens is 288 g/mol. The Morgan fingerprint density at radius 1 is 1.43 bits per heavy atom. The fraction of sp³-hybridized carbons (Fsp3) is 0.375. The first-order valence-corrected chi connectivity index (χ1v) is 7.50. The summed E-state index contributed by atoms with van der Waals surface area (Å²) in [5.74, 6) is -0.955. The number of hydrogen-bond acceptors (Lipinski definition) is 3. The van der Waals surface area contributed by atoms with Gasteiger partial charge in [0.05, 0.1) is 11.4 Å². The first-order valence-electron chi connectivity index (χ1n) is 7.12. The molecule has 0 spiro atoms. The highest BCUT2D eigenvalue weighted by molar-refractivity contribution is 6.35. The molecule has 0 unspecified atom stereocenters. The number of hydrogen-bond donors (Lipinski definition) is 1. The van der Waals surface area contributed by atoms with Crippen LogP contribution in [0.1, 0.15) is 18.4 Å². The Hall–Kier alpha value is -1.65. The van der Waals surface area contributed by atoms with Crippen molar-refractivity contribution in [2.75, 3.05) is 13.1 Å². The summed E-state index contributed by atoms with van der Waals surface area (Å²) in [5.41, 5.74) is 2.00. The zero-order valence-electron chi connectivity index (χ0n) is 11.6. The average Bonchev–Trinajstić information content (AvgIpc) is 2.51. The molecule has 110 valence electrons. The van der Waals surface area contributed by atoms with Crippen molar-refractivity contribution in [3.63, 3.8) is 0 Å². The van der Waals surface area contributed by atoms with Gasteiger partial charge < -0.3 is 5.11 Å². The molecule has 1 saturated heterocycles. The van der Waals surface area contributed by atoms with E-state index in [0.717, 1.165) is 35.9 Å². The number of rotatable bonds is 3. The van der Waals surface area contributed by atoms with E-state index in [9.17, 15) is 9.90 Å². The molecule has 1 aromatic carbocycles. The summed E-state index contributed by atoms with van der Waals surface area (Å²) in [5, 5.41) is 10.8. The van der Waals surface area contributed by atoms with Crippen molar-refractivity contribution in [2.24, 2.45) is 5.92 Å². The molecule has 1 atom stereocenters. The van der Waals surface area contributed by atoms with Crippen LogP contribution in [-0.4, -0.2) is 34.0 Å². The number of carbonyl (C=O) groups is 1. The van der Waals surface area contributed by atoms with Gasteiger partial charge >= 0.3 is 5.97 Å². The number of carboxylic acids is 1. The third-order valence-corrected chi connectivity index (χ3v) is 4.38. The van der Waals surface area contributed by atoms with E-state index in [2.05, 4.69) is 9.88 Å². The Balaban J connectivity index is 1.85. The Bertz CT molecular complexity index is 674. The fourth-order valence-electron chi connectivity index (χ4n) is 2.97. The van der Waals surface area contributed by atoms with Crippen LogP contribution in [0.4, 0.5) is 0 Å². The lowest BCUT2D eigenvalue weighted by molar-refractivity contribution is -0.143. The van der Waals surface area contributed by atoms with E-state index in [1.165, 1.54) is 0 Å². The maximum absolute atomic E-state index is 11.2. The monoisotopic (exact) mass is 304 g/mol. The third-order valence-electron chi connectivity index (χ3n) is 4.05. The fourth-order valence-corrected chi connectivity index (χ4v) is 3.18. The number of aromatic nitrogens is 1. The van der Waals surface area contributed by atoms with Crippen LogP contribution in [0.25, 0.3) is 10.9 Å². The van der Waals surface area contributed by atoms with Crippen LogP contribution >= 0.6 is 11.6 Å². The standard InChI is InChI=1S/C16H17ClN2O2/c17-14-6-5-11(15-13(14)4-1-7-18-15)9-19-8-2-3-12(10-19)16(20)21/h1,4-7,12H,2-3,8-10H2,(H,20,21)/t12-/m0/s1. The van der Waals surface area contributed by atoms with Crippen molar-refractivity contribution in [3.8, 4) is 0 Å². The van der Waals surface area contributed by atoms with Crippen molar-refractivity contribution >= 4 is 28.5 Å². The molecule has 1 fully saturated rings. The summed E-state index contributed by atoms with van der Waals surface area (Å²) >= 11 is 6.21. The number of benzene rings is 1. The normalized spacial score (nSPS) is 19.8. The van der Waals surface area contributed by atoms with E-state index < -0.39 is 5.97 Å². The van der Waals surface area contributed by atoms with E-state index in [4.69, 9.17) is 11.6 Å². The average molecular weight is 305 g/mol. The zero-order valence-corrected chi connectivity index (χ0v) is 12.4. The minimum atomic E-state index is -0.696. The van der Waals surface area contributed by atoms with Gasteiger partial charge in [-0.05, 0) is 43.1 Å². The molecule has 1 aliphatic heterocycles. The third kappa shape index (κ3) is 3.01. The molecule has 0 bridgehead atoms. The summed E-state index contributed by atoms with van der Waals surface area (Å²) in [7, 11) is 0. The van der Waals surface area contributed by atoms with Crippen molar-refractivity contribution in [3.05, 3.63) is 41.0 Å². The van der Waals surface area contributed by atoms with Gasteiger partial charge in [0.2, 0.25) is 0 Å². The van der Waals surface area contributed by atoms with Gasteiger partial charge in [0.15, 0.2) is 0 Å². The van der Waals surface area contributed by atoms with E-state index in [1.54, 1.807) is 6.20 Å². The van der Waals surface area contributed by atoms with Gasteiger partial charge in [-0.1, -0.05) is 17.7 Å². The van der Waals surface area contributed by atoms with Crippen LogP contribution in [0.5, 0.6) is 0 Å². The van der Waals surface area contributed by atoms with Crippen LogP contribution in [0, 0.1) is 5.92 Å². The molecule has 1 aliphatic rings. The minimum absolute atomic E-state index is 0.259. The summed E-state index contributed by atoms with van der Waals surface area (Å²) in [4.78, 5) is 17.8. The Labute approximate surface area is 128 Å². The van der Waals surface area contributed by atoms with Crippen molar-refractivity contribution < 1.29 is 9.90 Å². The largest absolute Gasteiger partial charge is 0.481 e. The van der Waals surface area contributed by atoms with Gasteiger partial charge in [0.1, 0.15) is 0 Å². The first kappa shape index (κ1) is 14.3. The predicted molar refractivity (Wildman–Crippen MR) is 82.4 cm³/mol. The smallest absolute Gasteiger partial charge is 0.307 e. The number of fused-ring (bicyclic) bond motifs is 1. The lowest BCUT2D eigenvalue weighted by atomic mass is 9.97. The van der Waals surface area contributed by atoms with E-state index in [-0.39, 0.29) is 5.92 Å². The van der Waals surface area contributed by atoms with Gasteiger partial charge in [-0.15, -0.1) is 0 Å². The Morgan fingerprint density at radius 3 is 3.10 bits per heavy atom. The number of pyridine rings is 1. The Kier molecular flexibility index (Phi) is 4.08. The van der Waals surface area contributed by atoms with Crippen molar-refractivity contribution in [1.29, 1.82) is 0 Å². The van der Waals surface area contributed by atoms with E-state index in [0.29, 0.717) is 18.1 Å². The molecule has 1 N–H and O–H groups in total. The summed E-state index contributed by atoms with van der Waals surface area (Å²) in [6, 6.07) is 7.71. The molecule has 21 heavy (non-hydrogen) atoms. The number of piperidine rings is 1. The molecule has 0 saturated carbocycles. The lowest BCUT2D eigenvalue weighted by Crippen LogP contribution is -2.38. The second kappa shape index (κ2) is 6.00. The quantitative estimate of drug-likeness (QED) is 0.946. The molecule has 0 aliphatic carbocycles. The molecule has 4 nitrogen and oxygen atoms in total. The number of carboxylic acid groups (broad SMARTS) is 1. The molecule has 1 aromatic heterocycles. The van der Waals surface area contributed by atoms with Crippen LogP contribution < -0.4 is 0 Å². The first-order chi connectivity index (χ1) is 10.1.